The molecule has 0 radical (unpaired) electrons. The second kappa shape index (κ2) is 9.22. The van der Waals surface area contributed by atoms with Crippen LogP contribution < -0.4 is 10.6 Å². The van der Waals surface area contributed by atoms with Crippen LogP contribution in [0.15, 0.2) is 91.1 Å². The summed E-state index contributed by atoms with van der Waals surface area (Å²) in [5.41, 5.74) is 4.30. The van der Waals surface area contributed by atoms with Crippen LogP contribution in [0.1, 0.15) is 35.7 Å². The fraction of sp³-hybridized carbons (Fsp3) is 0.115. The van der Waals surface area contributed by atoms with E-state index < -0.39 is 0 Å². The van der Waals surface area contributed by atoms with Crippen LogP contribution in [-0.4, -0.2) is 15.9 Å². The summed E-state index contributed by atoms with van der Waals surface area (Å²) in [5.74, 6) is 1.60. The van der Waals surface area contributed by atoms with E-state index in [4.69, 9.17) is 0 Å². The lowest BCUT2D eigenvalue weighted by molar-refractivity contribution is 0.102. The van der Waals surface area contributed by atoms with Crippen molar-refractivity contribution < 1.29 is 4.79 Å². The first-order chi connectivity index (χ1) is 15.1. The summed E-state index contributed by atoms with van der Waals surface area (Å²) >= 11 is 0. The Balaban J connectivity index is 1.48. The molecule has 0 aliphatic rings. The van der Waals surface area contributed by atoms with E-state index in [1.54, 1.807) is 18.3 Å². The normalized spacial score (nSPS) is 10.7. The molecule has 1 aromatic heterocycles. The van der Waals surface area contributed by atoms with Gasteiger partial charge in [-0.3, -0.25) is 4.79 Å². The Morgan fingerprint density at radius 3 is 2.35 bits per heavy atom. The van der Waals surface area contributed by atoms with Crippen molar-refractivity contribution in [2.45, 2.75) is 19.8 Å². The maximum absolute atomic E-state index is 12.7. The zero-order valence-electron chi connectivity index (χ0n) is 17.5. The minimum Gasteiger partial charge on any atom is -0.340 e. The SMILES string of the molecule is CC(C)c1ccc(NC(=O)c2cccc(Nc3ccnc(-c4ccccc4)n3)c2)cc1. The Labute approximate surface area is 182 Å². The molecule has 1 amide bonds. The monoisotopic (exact) mass is 408 g/mol. The number of nitrogens with one attached hydrogen (secondary N) is 2. The first-order valence-electron chi connectivity index (χ1n) is 10.3. The summed E-state index contributed by atoms with van der Waals surface area (Å²) in [6.07, 6.45) is 1.72. The molecule has 31 heavy (non-hydrogen) atoms. The molecule has 1 heterocycles. The summed E-state index contributed by atoms with van der Waals surface area (Å²) in [6, 6.07) is 26.9. The maximum atomic E-state index is 12.7. The first kappa shape index (κ1) is 20.3. The fourth-order valence-electron chi connectivity index (χ4n) is 3.20. The van der Waals surface area contributed by atoms with Crippen LogP contribution >= 0.6 is 0 Å². The van der Waals surface area contributed by atoms with Crippen LogP contribution in [0.25, 0.3) is 11.4 Å². The van der Waals surface area contributed by atoms with Crippen molar-refractivity contribution in [3.63, 3.8) is 0 Å². The van der Waals surface area contributed by atoms with E-state index >= 15 is 0 Å². The van der Waals surface area contributed by atoms with Gasteiger partial charge in [0.2, 0.25) is 0 Å². The van der Waals surface area contributed by atoms with Crippen molar-refractivity contribution in [1.29, 1.82) is 0 Å². The van der Waals surface area contributed by atoms with Gasteiger partial charge in [0.1, 0.15) is 5.82 Å². The molecule has 5 nitrogen and oxygen atoms in total. The van der Waals surface area contributed by atoms with Crippen LogP contribution in [-0.2, 0) is 0 Å². The molecule has 0 spiro atoms. The van der Waals surface area contributed by atoms with Gasteiger partial charge in [-0.15, -0.1) is 0 Å². The predicted molar refractivity (Wildman–Crippen MR) is 126 cm³/mol. The lowest BCUT2D eigenvalue weighted by Crippen LogP contribution is -2.12. The molecule has 0 unspecified atom stereocenters. The first-order valence-corrected chi connectivity index (χ1v) is 10.3. The van der Waals surface area contributed by atoms with Crippen molar-refractivity contribution in [3.05, 3.63) is 102 Å². The Kier molecular flexibility index (Phi) is 6.03. The number of rotatable bonds is 6. The molecule has 0 aliphatic heterocycles. The van der Waals surface area contributed by atoms with Crippen molar-refractivity contribution in [3.8, 4) is 11.4 Å². The molecule has 0 bridgehead atoms. The number of aromatic nitrogens is 2. The average molecular weight is 409 g/mol. The minimum absolute atomic E-state index is 0.159. The van der Waals surface area contributed by atoms with E-state index in [2.05, 4.69) is 34.4 Å². The third kappa shape index (κ3) is 5.14. The number of anilines is 3. The lowest BCUT2D eigenvalue weighted by Gasteiger charge is -2.10. The van der Waals surface area contributed by atoms with Crippen molar-refractivity contribution in [2.75, 3.05) is 10.6 Å². The summed E-state index contributed by atoms with van der Waals surface area (Å²) in [5, 5.41) is 6.22. The number of nitrogens with zero attached hydrogens (tertiary/aromatic N) is 2. The Morgan fingerprint density at radius 2 is 1.61 bits per heavy atom. The van der Waals surface area contributed by atoms with Crippen LogP contribution in [0.3, 0.4) is 0 Å². The van der Waals surface area contributed by atoms with E-state index in [0.717, 1.165) is 16.9 Å². The van der Waals surface area contributed by atoms with Gasteiger partial charge in [-0.1, -0.05) is 62.4 Å². The van der Waals surface area contributed by atoms with Crippen LogP contribution in [0.4, 0.5) is 17.2 Å². The Morgan fingerprint density at radius 1 is 0.839 bits per heavy atom. The van der Waals surface area contributed by atoms with E-state index in [1.165, 1.54) is 5.56 Å². The van der Waals surface area contributed by atoms with Gasteiger partial charge in [-0.25, -0.2) is 9.97 Å². The van der Waals surface area contributed by atoms with Gasteiger partial charge >= 0.3 is 0 Å². The molecule has 0 fully saturated rings. The van der Waals surface area contributed by atoms with Crippen molar-refractivity contribution in [2.24, 2.45) is 0 Å². The van der Waals surface area contributed by atoms with E-state index in [1.807, 2.05) is 72.8 Å². The number of hydrogen-bond donors (Lipinski definition) is 2. The standard InChI is InChI=1S/C26H24N4O/c1-18(2)19-11-13-22(14-12-19)29-26(31)21-9-6-10-23(17-21)28-24-15-16-27-25(30-24)20-7-4-3-5-8-20/h3-18H,1-2H3,(H,29,31)(H,27,28,30). The second-order valence-corrected chi connectivity index (χ2v) is 7.57. The predicted octanol–water partition coefficient (Wildman–Crippen LogP) is 6.26. The summed E-state index contributed by atoms with van der Waals surface area (Å²) in [6.45, 7) is 4.29. The van der Waals surface area contributed by atoms with Gasteiger partial charge in [0.05, 0.1) is 0 Å². The molecule has 3 aromatic carbocycles. The van der Waals surface area contributed by atoms with E-state index in [0.29, 0.717) is 23.1 Å². The third-order valence-corrected chi connectivity index (χ3v) is 4.92. The lowest BCUT2D eigenvalue weighted by atomic mass is 10.0. The van der Waals surface area contributed by atoms with Gasteiger partial charge in [-0.05, 0) is 47.9 Å². The van der Waals surface area contributed by atoms with Gasteiger partial charge in [-0.2, -0.15) is 0 Å². The largest absolute Gasteiger partial charge is 0.340 e. The quantitative estimate of drug-likeness (QED) is 0.395. The number of hydrogen-bond acceptors (Lipinski definition) is 4. The zero-order chi connectivity index (χ0) is 21.6. The molecule has 0 aliphatic carbocycles. The molecule has 0 saturated carbocycles. The second-order valence-electron chi connectivity index (χ2n) is 7.57. The highest BCUT2D eigenvalue weighted by molar-refractivity contribution is 6.04. The number of benzene rings is 3. The molecule has 2 N–H and O–H groups in total. The van der Waals surface area contributed by atoms with Crippen LogP contribution in [0, 0.1) is 0 Å². The molecular formula is C26H24N4O. The zero-order valence-corrected chi connectivity index (χ0v) is 17.5. The van der Waals surface area contributed by atoms with Gasteiger partial charge < -0.3 is 10.6 Å². The summed E-state index contributed by atoms with van der Waals surface area (Å²) in [7, 11) is 0. The highest BCUT2D eigenvalue weighted by Crippen LogP contribution is 2.21. The molecule has 0 saturated heterocycles. The van der Waals surface area contributed by atoms with Gasteiger partial charge in [0, 0.05) is 28.7 Å². The highest BCUT2D eigenvalue weighted by atomic mass is 16.1. The Bertz CT molecular complexity index is 1170. The van der Waals surface area contributed by atoms with Crippen molar-refractivity contribution >= 4 is 23.1 Å². The number of amides is 1. The average Bonchev–Trinajstić information content (AvgIpc) is 2.80. The molecule has 4 rings (SSSR count). The smallest absolute Gasteiger partial charge is 0.255 e. The summed E-state index contributed by atoms with van der Waals surface area (Å²) in [4.78, 5) is 21.6. The topological polar surface area (TPSA) is 66.9 Å². The highest BCUT2D eigenvalue weighted by Gasteiger charge is 2.09. The van der Waals surface area contributed by atoms with Gasteiger partial charge in [0.15, 0.2) is 5.82 Å². The van der Waals surface area contributed by atoms with E-state index in [9.17, 15) is 4.79 Å². The minimum atomic E-state index is -0.159. The fourth-order valence-corrected chi connectivity index (χ4v) is 3.20. The molecule has 5 heteroatoms. The van der Waals surface area contributed by atoms with Crippen LogP contribution in [0.5, 0.6) is 0 Å². The van der Waals surface area contributed by atoms with E-state index in [-0.39, 0.29) is 5.91 Å². The Hall–Kier alpha value is -3.99. The van der Waals surface area contributed by atoms with Crippen molar-refractivity contribution in [1.82, 2.24) is 9.97 Å². The third-order valence-electron chi connectivity index (χ3n) is 4.92. The maximum Gasteiger partial charge on any atom is 0.255 e. The molecule has 0 atom stereocenters. The number of carbonyl (C=O) groups is 1. The molecule has 4 aromatic rings. The molecular weight excluding hydrogens is 384 g/mol. The van der Waals surface area contributed by atoms with Gasteiger partial charge in [0.25, 0.3) is 5.91 Å². The number of carbonyl (C=O) groups excluding carboxylic acids is 1. The summed E-state index contributed by atoms with van der Waals surface area (Å²) < 4.78 is 0. The van der Waals surface area contributed by atoms with Crippen LogP contribution in [0.2, 0.25) is 0 Å². The molecule has 154 valence electrons.